The Balaban J connectivity index is 2.05. The minimum atomic E-state index is -0.345. The molecular formula is C15H14FNO2. The summed E-state index contributed by atoms with van der Waals surface area (Å²) in [6.45, 7) is 0. The number of anilines is 1. The summed E-state index contributed by atoms with van der Waals surface area (Å²) < 4.78 is 18.2. The van der Waals surface area contributed by atoms with Crippen LogP contribution in [-0.4, -0.2) is 13.0 Å². The largest absolute Gasteiger partial charge is 0.495 e. The van der Waals surface area contributed by atoms with Crippen molar-refractivity contribution in [2.75, 3.05) is 12.4 Å². The highest BCUT2D eigenvalue weighted by molar-refractivity contribution is 5.93. The third-order valence-electron chi connectivity index (χ3n) is 2.63. The fourth-order valence-electron chi connectivity index (χ4n) is 1.77. The predicted octanol–water partition coefficient (Wildman–Crippen LogP) is 3.02. The van der Waals surface area contributed by atoms with Gasteiger partial charge in [0, 0.05) is 0 Å². The zero-order chi connectivity index (χ0) is 13.7. The lowest BCUT2D eigenvalue weighted by molar-refractivity contribution is -0.115. The van der Waals surface area contributed by atoms with Gasteiger partial charge in [-0.2, -0.15) is 0 Å². The molecule has 2 rings (SSSR count). The minimum Gasteiger partial charge on any atom is -0.495 e. The SMILES string of the molecule is COc1ccccc1NC(=O)Cc1cccc(F)c1. The summed E-state index contributed by atoms with van der Waals surface area (Å²) in [6, 6.07) is 13.1. The molecule has 0 aliphatic carbocycles. The van der Waals surface area contributed by atoms with E-state index in [4.69, 9.17) is 4.74 Å². The van der Waals surface area contributed by atoms with E-state index in [1.54, 1.807) is 30.3 Å². The molecule has 0 bridgehead atoms. The van der Waals surface area contributed by atoms with Crippen molar-refractivity contribution in [3.05, 3.63) is 59.9 Å². The van der Waals surface area contributed by atoms with Gasteiger partial charge in [0.2, 0.25) is 5.91 Å². The van der Waals surface area contributed by atoms with Crippen molar-refractivity contribution in [3.8, 4) is 5.75 Å². The lowest BCUT2D eigenvalue weighted by Gasteiger charge is -2.09. The molecule has 0 aromatic heterocycles. The van der Waals surface area contributed by atoms with Gasteiger partial charge in [0.1, 0.15) is 11.6 Å². The maximum absolute atomic E-state index is 13.0. The van der Waals surface area contributed by atoms with Crippen LogP contribution >= 0.6 is 0 Å². The van der Waals surface area contributed by atoms with Gasteiger partial charge in [-0.25, -0.2) is 4.39 Å². The smallest absolute Gasteiger partial charge is 0.228 e. The predicted molar refractivity (Wildman–Crippen MR) is 71.7 cm³/mol. The fraction of sp³-hybridized carbons (Fsp3) is 0.133. The molecule has 0 atom stereocenters. The highest BCUT2D eigenvalue weighted by atomic mass is 19.1. The normalized spacial score (nSPS) is 10.0. The first-order valence-corrected chi connectivity index (χ1v) is 5.86. The van der Waals surface area contributed by atoms with E-state index >= 15 is 0 Å². The first-order valence-electron chi connectivity index (χ1n) is 5.86. The van der Waals surface area contributed by atoms with Gasteiger partial charge in [0.15, 0.2) is 0 Å². The molecule has 0 heterocycles. The van der Waals surface area contributed by atoms with Gasteiger partial charge >= 0.3 is 0 Å². The number of benzene rings is 2. The molecule has 0 aliphatic rings. The van der Waals surface area contributed by atoms with Gasteiger partial charge in [-0.3, -0.25) is 4.79 Å². The Kier molecular flexibility index (Phi) is 4.13. The second-order valence-electron chi connectivity index (χ2n) is 4.06. The molecule has 0 aliphatic heterocycles. The van der Waals surface area contributed by atoms with Crippen LogP contribution < -0.4 is 10.1 Å². The Bertz CT molecular complexity index is 584. The molecule has 0 radical (unpaired) electrons. The minimum absolute atomic E-state index is 0.121. The van der Waals surface area contributed by atoms with Crippen LogP contribution in [-0.2, 0) is 11.2 Å². The summed E-state index contributed by atoms with van der Waals surface area (Å²) in [5.41, 5.74) is 1.24. The Morgan fingerprint density at radius 2 is 2.00 bits per heavy atom. The number of amides is 1. The Morgan fingerprint density at radius 1 is 1.21 bits per heavy atom. The average molecular weight is 259 g/mol. The molecule has 4 heteroatoms. The summed E-state index contributed by atoms with van der Waals surface area (Å²) in [4.78, 5) is 11.9. The standard InChI is InChI=1S/C15H14FNO2/c1-19-14-8-3-2-7-13(14)17-15(18)10-11-5-4-6-12(16)9-11/h2-9H,10H2,1H3,(H,17,18). The Hall–Kier alpha value is -2.36. The number of ether oxygens (including phenoxy) is 1. The highest BCUT2D eigenvalue weighted by Gasteiger charge is 2.08. The number of para-hydroxylation sites is 2. The number of hydrogen-bond acceptors (Lipinski definition) is 2. The second-order valence-corrected chi connectivity index (χ2v) is 4.06. The molecule has 98 valence electrons. The van der Waals surface area contributed by atoms with Gasteiger partial charge in [-0.05, 0) is 29.8 Å². The van der Waals surface area contributed by atoms with Crippen molar-refractivity contribution in [2.24, 2.45) is 0 Å². The molecule has 0 fully saturated rings. The first-order chi connectivity index (χ1) is 9.19. The van der Waals surface area contributed by atoms with E-state index in [2.05, 4.69) is 5.32 Å². The van der Waals surface area contributed by atoms with Crippen molar-refractivity contribution in [3.63, 3.8) is 0 Å². The van der Waals surface area contributed by atoms with Gasteiger partial charge in [0.25, 0.3) is 0 Å². The molecule has 2 aromatic rings. The summed E-state index contributed by atoms with van der Waals surface area (Å²) in [7, 11) is 1.54. The van der Waals surface area contributed by atoms with E-state index in [0.717, 1.165) is 0 Å². The summed E-state index contributed by atoms with van der Waals surface area (Å²) in [5.74, 6) is 0.0350. The zero-order valence-corrected chi connectivity index (χ0v) is 10.5. The van der Waals surface area contributed by atoms with Crippen LogP contribution in [0, 0.1) is 5.82 Å². The summed E-state index contributed by atoms with van der Waals surface area (Å²) >= 11 is 0. The second kappa shape index (κ2) is 6.00. The Labute approximate surface area is 111 Å². The molecule has 0 saturated heterocycles. The van der Waals surface area contributed by atoms with E-state index < -0.39 is 0 Å². The van der Waals surface area contributed by atoms with Crippen molar-refractivity contribution >= 4 is 11.6 Å². The Morgan fingerprint density at radius 3 is 2.74 bits per heavy atom. The zero-order valence-electron chi connectivity index (χ0n) is 10.5. The van der Waals surface area contributed by atoms with Crippen LogP contribution in [0.3, 0.4) is 0 Å². The molecule has 0 saturated carbocycles. The topological polar surface area (TPSA) is 38.3 Å². The molecule has 1 N–H and O–H groups in total. The van der Waals surface area contributed by atoms with Crippen LogP contribution in [0.5, 0.6) is 5.75 Å². The van der Waals surface area contributed by atoms with Gasteiger partial charge in [-0.1, -0.05) is 24.3 Å². The van der Waals surface area contributed by atoms with Crippen LogP contribution in [0.1, 0.15) is 5.56 Å². The van der Waals surface area contributed by atoms with E-state index in [0.29, 0.717) is 17.0 Å². The average Bonchev–Trinajstić information content (AvgIpc) is 2.39. The molecule has 0 spiro atoms. The maximum atomic E-state index is 13.0. The number of carbonyl (C=O) groups is 1. The van der Waals surface area contributed by atoms with Crippen LogP contribution in [0.25, 0.3) is 0 Å². The fourth-order valence-corrected chi connectivity index (χ4v) is 1.77. The molecular weight excluding hydrogens is 245 g/mol. The number of carbonyl (C=O) groups excluding carboxylic acids is 1. The van der Waals surface area contributed by atoms with Crippen molar-refractivity contribution in [1.29, 1.82) is 0 Å². The van der Waals surface area contributed by atoms with Crippen molar-refractivity contribution in [1.82, 2.24) is 0 Å². The van der Waals surface area contributed by atoms with E-state index in [9.17, 15) is 9.18 Å². The first kappa shape index (κ1) is 13.1. The quantitative estimate of drug-likeness (QED) is 0.916. The van der Waals surface area contributed by atoms with Gasteiger partial charge < -0.3 is 10.1 Å². The summed E-state index contributed by atoms with van der Waals surface area (Å²) in [5, 5.41) is 2.74. The summed E-state index contributed by atoms with van der Waals surface area (Å²) in [6.07, 6.45) is 0.121. The molecule has 1 amide bonds. The molecule has 19 heavy (non-hydrogen) atoms. The molecule has 2 aromatic carbocycles. The molecule has 3 nitrogen and oxygen atoms in total. The number of halogens is 1. The lowest BCUT2D eigenvalue weighted by atomic mass is 10.1. The highest BCUT2D eigenvalue weighted by Crippen LogP contribution is 2.23. The lowest BCUT2D eigenvalue weighted by Crippen LogP contribution is -2.15. The van der Waals surface area contributed by atoms with Crippen LogP contribution in [0.2, 0.25) is 0 Å². The van der Waals surface area contributed by atoms with Crippen molar-refractivity contribution in [2.45, 2.75) is 6.42 Å². The van der Waals surface area contributed by atoms with E-state index in [-0.39, 0.29) is 18.1 Å². The number of rotatable bonds is 4. The molecule has 0 unspecified atom stereocenters. The van der Waals surface area contributed by atoms with Gasteiger partial charge in [-0.15, -0.1) is 0 Å². The number of nitrogens with one attached hydrogen (secondary N) is 1. The monoisotopic (exact) mass is 259 g/mol. The van der Waals surface area contributed by atoms with E-state index in [1.165, 1.54) is 19.2 Å². The van der Waals surface area contributed by atoms with Crippen molar-refractivity contribution < 1.29 is 13.9 Å². The number of hydrogen-bond donors (Lipinski definition) is 1. The van der Waals surface area contributed by atoms with Gasteiger partial charge in [0.05, 0.1) is 19.2 Å². The number of methoxy groups -OCH3 is 1. The third-order valence-corrected chi connectivity index (χ3v) is 2.63. The van der Waals surface area contributed by atoms with Crippen LogP contribution in [0.15, 0.2) is 48.5 Å². The third kappa shape index (κ3) is 3.55. The maximum Gasteiger partial charge on any atom is 0.228 e. The van der Waals surface area contributed by atoms with Crippen LogP contribution in [0.4, 0.5) is 10.1 Å². The van der Waals surface area contributed by atoms with E-state index in [1.807, 2.05) is 6.07 Å².